The van der Waals surface area contributed by atoms with Crippen LogP contribution in [-0.2, 0) is 20.7 Å². The number of alkyl halides is 2. The highest BCUT2D eigenvalue weighted by atomic mass is 19.3. The van der Waals surface area contributed by atoms with E-state index in [0.29, 0.717) is 17.9 Å². The second-order valence-corrected chi connectivity index (χ2v) is 7.67. The fourth-order valence-corrected chi connectivity index (χ4v) is 4.31. The molecule has 1 aromatic carbocycles. The number of rotatable bonds is 8. The Balaban J connectivity index is 2.09. The lowest BCUT2D eigenvalue weighted by molar-refractivity contribution is -0.140. The van der Waals surface area contributed by atoms with Crippen molar-refractivity contribution >= 4 is 11.8 Å². The van der Waals surface area contributed by atoms with Crippen LogP contribution in [0.3, 0.4) is 0 Å². The monoisotopic (exact) mass is 435 g/mol. The Labute approximate surface area is 180 Å². The van der Waals surface area contributed by atoms with Crippen LogP contribution in [0.2, 0.25) is 0 Å². The molecule has 2 heterocycles. The van der Waals surface area contributed by atoms with E-state index < -0.39 is 36.8 Å². The maximum absolute atomic E-state index is 14.5. The first kappa shape index (κ1) is 22.8. The number of methoxy groups -OCH3 is 2. The lowest BCUT2D eigenvalue weighted by atomic mass is 9.81. The minimum atomic E-state index is -2.97. The molecule has 2 aliphatic rings. The van der Waals surface area contributed by atoms with Gasteiger partial charge in [0.2, 0.25) is 0 Å². The van der Waals surface area contributed by atoms with E-state index in [0.717, 1.165) is 11.1 Å². The first-order chi connectivity index (χ1) is 14.7. The summed E-state index contributed by atoms with van der Waals surface area (Å²) in [6.07, 6.45) is 1.99. The maximum Gasteiger partial charge on any atom is 0.343 e. The molecule has 8 heteroatoms. The summed E-state index contributed by atoms with van der Waals surface area (Å²) in [5, 5.41) is 0. The van der Waals surface area contributed by atoms with Crippen molar-refractivity contribution in [3.63, 3.8) is 0 Å². The number of esters is 1. The average Bonchev–Trinajstić information content (AvgIpc) is 2.72. The molecule has 2 unspecified atom stereocenters. The van der Waals surface area contributed by atoms with Gasteiger partial charge in [0.25, 0.3) is 5.92 Å². The minimum absolute atomic E-state index is 0.0172. The fraction of sp³-hybridized carbons (Fsp3) is 0.478. The van der Waals surface area contributed by atoms with E-state index in [-0.39, 0.29) is 24.4 Å². The zero-order chi connectivity index (χ0) is 22.8. The third-order valence-corrected chi connectivity index (χ3v) is 5.67. The highest BCUT2D eigenvalue weighted by Gasteiger charge is 2.43. The zero-order valence-electron chi connectivity index (χ0n) is 18.0. The predicted molar refractivity (Wildman–Crippen MR) is 110 cm³/mol. The molecule has 0 bridgehead atoms. The Hall–Kier alpha value is -2.90. The van der Waals surface area contributed by atoms with E-state index >= 15 is 0 Å². The van der Waals surface area contributed by atoms with Gasteiger partial charge in [-0.05, 0) is 36.6 Å². The van der Waals surface area contributed by atoms with Crippen LogP contribution in [0.1, 0.15) is 43.4 Å². The smallest absolute Gasteiger partial charge is 0.343 e. The van der Waals surface area contributed by atoms with Crippen LogP contribution in [-0.4, -0.2) is 49.4 Å². The Morgan fingerprint density at radius 2 is 1.94 bits per heavy atom. The zero-order valence-corrected chi connectivity index (χ0v) is 18.0. The van der Waals surface area contributed by atoms with Gasteiger partial charge in [0.1, 0.15) is 5.57 Å². The first-order valence-corrected chi connectivity index (χ1v) is 10.2. The number of fused-ring (bicyclic) bond motifs is 3. The van der Waals surface area contributed by atoms with Gasteiger partial charge in [-0.3, -0.25) is 4.79 Å². The third kappa shape index (κ3) is 4.57. The topological polar surface area (TPSA) is 65.1 Å². The van der Waals surface area contributed by atoms with Crippen molar-refractivity contribution in [2.75, 3.05) is 20.8 Å². The van der Waals surface area contributed by atoms with Gasteiger partial charge in [-0.1, -0.05) is 6.08 Å². The highest BCUT2D eigenvalue weighted by Crippen LogP contribution is 2.45. The number of nitrogens with zero attached hydrogens (tertiary/aromatic N) is 1. The van der Waals surface area contributed by atoms with Crippen LogP contribution >= 0.6 is 0 Å². The second-order valence-electron chi connectivity index (χ2n) is 7.67. The van der Waals surface area contributed by atoms with Crippen molar-refractivity contribution < 1.29 is 32.6 Å². The average molecular weight is 435 g/mol. The van der Waals surface area contributed by atoms with E-state index in [9.17, 15) is 18.4 Å². The Morgan fingerprint density at radius 1 is 1.26 bits per heavy atom. The highest BCUT2D eigenvalue weighted by molar-refractivity contribution is 6.17. The van der Waals surface area contributed by atoms with Gasteiger partial charge >= 0.3 is 5.97 Å². The molecule has 31 heavy (non-hydrogen) atoms. The Kier molecular flexibility index (Phi) is 6.67. The SMILES string of the molecule is C=CCC(F)(F)CC1Cc2cc(OC)c(OC)cc2C2CC(=O)C(C(=O)OCC)=CN12. The molecule has 168 valence electrons. The van der Waals surface area contributed by atoms with Crippen LogP contribution in [0.5, 0.6) is 11.5 Å². The molecule has 6 nitrogen and oxygen atoms in total. The number of ether oxygens (including phenoxy) is 3. The minimum Gasteiger partial charge on any atom is -0.493 e. The predicted octanol–water partition coefficient (Wildman–Crippen LogP) is 3.99. The molecular formula is C23H27F2NO5. The van der Waals surface area contributed by atoms with Gasteiger partial charge in [0, 0.05) is 31.5 Å². The molecule has 2 atom stereocenters. The summed E-state index contributed by atoms with van der Waals surface area (Å²) < 4.78 is 44.8. The molecule has 3 rings (SSSR count). The van der Waals surface area contributed by atoms with Crippen LogP contribution < -0.4 is 9.47 Å². The van der Waals surface area contributed by atoms with Gasteiger partial charge < -0.3 is 19.1 Å². The van der Waals surface area contributed by atoms with Crippen molar-refractivity contribution in [1.82, 2.24) is 4.90 Å². The molecule has 0 N–H and O–H groups in total. The third-order valence-electron chi connectivity index (χ3n) is 5.67. The van der Waals surface area contributed by atoms with E-state index in [1.807, 2.05) is 0 Å². The number of carbonyl (C=O) groups is 2. The molecule has 0 aromatic heterocycles. The number of allylic oxidation sites excluding steroid dienone is 1. The van der Waals surface area contributed by atoms with Crippen molar-refractivity contribution in [1.29, 1.82) is 0 Å². The number of ketones is 1. The summed E-state index contributed by atoms with van der Waals surface area (Å²) in [5.74, 6) is -3.09. The van der Waals surface area contributed by atoms with Crippen molar-refractivity contribution in [2.24, 2.45) is 0 Å². The molecule has 0 fully saturated rings. The molecule has 0 saturated carbocycles. The van der Waals surface area contributed by atoms with Gasteiger partial charge in [-0.2, -0.15) is 0 Å². The van der Waals surface area contributed by atoms with Crippen LogP contribution in [0.25, 0.3) is 0 Å². The van der Waals surface area contributed by atoms with E-state index in [4.69, 9.17) is 14.2 Å². The Morgan fingerprint density at radius 3 is 2.55 bits per heavy atom. The lowest BCUT2D eigenvalue weighted by Gasteiger charge is -2.46. The van der Waals surface area contributed by atoms with Gasteiger partial charge in [0.15, 0.2) is 17.3 Å². The van der Waals surface area contributed by atoms with Crippen LogP contribution in [0, 0.1) is 0 Å². The molecule has 0 saturated heterocycles. The second kappa shape index (κ2) is 9.08. The number of hydrogen-bond acceptors (Lipinski definition) is 6. The molecule has 0 amide bonds. The number of benzene rings is 1. The van der Waals surface area contributed by atoms with Gasteiger partial charge in [0.05, 0.1) is 26.9 Å². The van der Waals surface area contributed by atoms with Crippen LogP contribution in [0.4, 0.5) is 8.78 Å². The summed E-state index contributed by atoms with van der Waals surface area (Å²) in [6.45, 7) is 5.18. The fourth-order valence-electron chi connectivity index (χ4n) is 4.31. The van der Waals surface area contributed by atoms with Crippen molar-refractivity contribution in [3.05, 3.63) is 47.7 Å². The summed E-state index contributed by atoms with van der Waals surface area (Å²) in [4.78, 5) is 26.7. The number of halogens is 2. The van der Waals surface area contributed by atoms with Gasteiger partial charge in [-0.15, -0.1) is 6.58 Å². The first-order valence-electron chi connectivity index (χ1n) is 10.2. The van der Waals surface area contributed by atoms with Crippen molar-refractivity contribution in [2.45, 2.75) is 50.6 Å². The molecular weight excluding hydrogens is 408 g/mol. The normalized spacial score (nSPS) is 20.4. The number of carbonyl (C=O) groups excluding carboxylic acids is 2. The molecule has 2 aliphatic heterocycles. The van der Waals surface area contributed by atoms with Crippen molar-refractivity contribution in [3.8, 4) is 11.5 Å². The maximum atomic E-state index is 14.5. The number of hydrogen-bond donors (Lipinski definition) is 0. The van der Waals surface area contributed by atoms with Crippen LogP contribution in [0.15, 0.2) is 36.6 Å². The largest absolute Gasteiger partial charge is 0.493 e. The molecule has 0 aliphatic carbocycles. The summed E-state index contributed by atoms with van der Waals surface area (Å²) in [7, 11) is 3.02. The summed E-state index contributed by atoms with van der Waals surface area (Å²) in [6, 6.07) is 2.45. The molecule has 0 radical (unpaired) electrons. The van der Waals surface area contributed by atoms with E-state index in [1.54, 1.807) is 24.0 Å². The van der Waals surface area contributed by atoms with Gasteiger partial charge in [-0.25, -0.2) is 13.6 Å². The molecule has 1 aromatic rings. The molecule has 0 spiro atoms. The van der Waals surface area contributed by atoms with E-state index in [2.05, 4.69) is 6.58 Å². The Bertz CT molecular complexity index is 911. The lowest BCUT2D eigenvalue weighted by Crippen LogP contribution is -2.47. The summed E-state index contributed by atoms with van der Waals surface area (Å²) in [5.41, 5.74) is 1.51. The van der Waals surface area contributed by atoms with E-state index in [1.165, 1.54) is 26.5 Å². The quantitative estimate of drug-likeness (QED) is 0.350. The summed E-state index contributed by atoms with van der Waals surface area (Å²) >= 11 is 0. The number of Topliss-reactive ketones (excluding diaryl/α,β-unsaturated/α-hetero) is 1. The standard InChI is InChI=1S/C23H27F2NO5/c1-5-7-23(24,25)12-15-8-14-9-20(29-3)21(30-4)10-16(14)18-11-19(27)17(13-26(15)18)22(28)31-6-2/h5,9-10,13,15,18H,1,6-8,11-12H2,2-4H3.